The van der Waals surface area contributed by atoms with Crippen molar-refractivity contribution in [2.75, 3.05) is 33.9 Å². The smallest absolute Gasteiger partial charge is 0.175 e. The van der Waals surface area contributed by atoms with Crippen molar-refractivity contribution >= 4 is 15.9 Å². The van der Waals surface area contributed by atoms with Crippen LogP contribution in [0.15, 0.2) is 16.6 Å². The molecular weight excluding hydrogens is 332 g/mol. The number of nitrogens with one attached hydrogen (secondary N) is 1. The van der Waals surface area contributed by atoms with Crippen LogP contribution in [0.1, 0.15) is 25.3 Å². The van der Waals surface area contributed by atoms with E-state index in [0.29, 0.717) is 12.6 Å². The van der Waals surface area contributed by atoms with Crippen molar-refractivity contribution < 1.29 is 9.47 Å². The summed E-state index contributed by atoms with van der Waals surface area (Å²) in [5, 5.41) is 3.64. The zero-order chi connectivity index (χ0) is 15.2. The minimum atomic E-state index is 0.609. The number of benzene rings is 1. The Balaban J connectivity index is 1.98. The quantitative estimate of drug-likeness (QED) is 0.849. The Morgan fingerprint density at radius 1 is 1.33 bits per heavy atom. The van der Waals surface area contributed by atoms with Crippen molar-refractivity contribution in [3.8, 4) is 11.5 Å². The Labute approximate surface area is 135 Å². The molecule has 0 unspecified atom stereocenters. The average molecular weight is 357 g/mol. The number of nitrogens with zero attached hydrogens (tertiary/aromatic N) is 1. The summed E-state index contributed by atoms with van der Waals surface area (Å²) in [7, 11) is 3.86. The summed E-state index contributed by atoms with van der Waals surface area (Å²) in [6.45, 7) is 5.81. The second-order valence-electron chi connectivity index (χ2n) is 5.50. The van der Waals surface area contributed by atoms with Crippen molar-refractivity contribution in [1.82, 2.24) is 10.2 Å². The standard InChI is InChI=1S/C16H25BrN2O2/c1-4-21-16-14(17)9-12(10-15(16)20-3)11-18-13-5-7-19(2)8-6-13/h9-10,13,18H,4-8,11H2,1-3H3. The molecule has 0 aliphatic carbocycles. The second kappa shape index (κ2) is 8.01. The molecule has 0 atom stereocenters. The van der Waals surface area contributed by atoms with Crippen LogP contribution < -0.4 is 14.8 Å². The van der Waals surface area contributed by atoms with Gasteiger partial charge in [-0.1, -0.05) is 0 Å². The van der Waals surface area contributed by atoms with E-state index in [1.54, 1.807) is 7.11 Å². The molecule has 0 saturated carbocycles. The summed E-state index contributed by atoms with van der Waals surface area (Å²) in [6.07, 6.45) is 2.43. The van der Waals surface area contributed by atoms with Crippen LogP contribution in [-0.2, 0) is 6.54 Å². The Morgan fingerprint density at radius 3 is 2.67 bits per heavy atom. The molecule has 118 valence electrons. The molecule has 4 nitrogen and oxygen atoms in total. The largest absolute Gasteiger partial charge is 0.493 e. The van der Waals surface area contributed by atoms with Gasteiger partial charge >= 0.3 is 0 Å². The van der Waals surface area contributed by atoms with E-state index < -0.39 is 0 Å². The molecule has 0 spiro atoms. The zero-order valence-electron chi connectivity index (χ0n) is 13.1. The maximum Gasteiger partial charge on any atom is 0.175 e. The molecule has 1 aromatic rings. The van der Waals surface area contributed by atoms with Gasteiger partial charge < -0.3 is 19.7 Å². The molecule has 1 aliphatic rings. The number of hydrogen-bond donors (Lipinski definition) is 1. The van der Waals surface area contributed by atoms with E-state index in [2.05, 4.69) is 45.3 Å². The van der Waals surface area contributed by atoms with Gasteiger partial charge in [0.2, 0.25) is 0 Å². The maximum atomic E-state index is 5.62. The topological polar surface area (TPSA) is 33.7 Å². The third-order valence-corrected chi connectivity index (χ3v) is 4.48. The van der Waals surface area contributed by atoms with Crippen LogP contribution in [-0.4, -0.2) is 44.8 Å². The summed E-state index contributed by atoms with van der Waals surface area (Å²) in [4.78, 5) is 2.38. The molecule has 0 bridgehead atoms. The summed E-state index contributed by atoms with van der Waals surface area (Å²) in [5.74, 6) is 1.56. The van der Waals surface area contributed by atoms with Gasteiger partial charge in [-0.25, -0.2) is 0 Å². The third kappa shape index (κ3) is 4.59. The number of ether oxygens (including phenoxy) is 2. The van der Waals surface area contributed by atoms with E-state index in [-0.39, 0.29) is 0 Å². The molecule has 1 aromatic carbocycles. The first kappa shape index (κ1) is 16.6. The monoisotopic (exact) mass is 356 g/mol. The van der Waals surface area contributed by atoms with E-state index >= 15 is 0 Å². The highest BCUT2D eigenvalue weighted by atomic mass is 79.9. The van der Waals surface area contributed by atoms with Gasteiger partial charge in [0.15, 0.2) is 11.5 Å². The Morgan fingerprint density at radius 2 is 2.05 bits per heavy atom. The lowest BCUT2D eigenvalue weighted by molar-refractivity contribution is 0.234. The highest BCUT2D eigenvalue weighted by Crippen LogP contribution is 2.36. The van der Waals surface area contributed by atoms with Crippen LogP contribution in [0.4, 0.5) is 0 Å². The van der Waals surface area contributed by atoms with Crippen LogP contribution in [0.2, 0.25) is 0 Å². The van der Waals surface area contributed by atoms with Gasteiger partial charge in [-0.15, -0.1) is 0 Å². The van der Waals surface area contributed by atoms with Gasteiger partial charge in [-0.2, -0.15) is 0 Å². The predicted octanol–water partition coefficient (Wildman–Crippen LogP) is 3.04. The van der Waals surface area contributed by atoms with Gasteiger partial charge in [0.05, 0.1) is 18.2 Å². The molecule has 1 aliphatic heterocycles. The minimum absolute atomic E-state index is 0.609. The maximum absolute atomic E-state index is 5.62. The average Bonchev–Trinajstić information content (AvgIpc) is 2.49. The number of likely N-dealkylation sites (tertiary alicyclic amines) is 1. The molecule has 0 amide bonds. The third-order valence-electron chi connectivity index (χ3n) is 3.89. The zero-order valence-corrected chi connectivity index (χ0v) is 14.7. The molecular formula is C16H25BrN2O2. The normalized spacial score (nSPS) is 17.0. The lowest BCUT2D eigenvalue weighted by atomic mass is 10.1. The van der Waals surface area contributed by atoms with Crippen molar-refractivity contribution in [2.45, 2.75) is 32.4 Å². The van der Waals surface area contributed by atoms with Crippen LogP contribution in [0.5, 0.6) is 11.5 Å². The van der Waals surface area contributed by atoms with E-state index in [0.717, 1.165) is 22.5 Å². The fourth-order valence-electron chi connectivity index (χ4n) is 2.63. The SMILES string of the molecule is CCOc1c(Br)cc(CNC2CCN(C)CC2)cc1OC. The first-order valence-electron chi connectivity index (χ1n) is 7.55. The fraction of sp³-hybridized carbons (Fsp3) is 0.625. The van der Waals surface area contributed by atoms with E-state index in [9.17, 15) is 0 Å². The van der Waals surface area contributed by atoms with Crippen LogP contribution in [0.3, 0.4) is 0 Å². The Kier molecular flexibility index (Phi) is 6.33. The highest BCUT2D eigenvalue weighted by Gasteiger charge is 2.17. The Hall–Kier alpha value is -0.780. The molecule has 2 rings (SSSR count). The molecule has 0 radical (unpaired) electrons. The minimum Gasteiger partial charge on any atom is -0.493 e. The molecule has 21 heavy (non-hydrogen) atoms. The molecule has 0 aromatic heterocycles. The number of piperidine rings is 1. The van der Waals surface area contributed by atoms with Gasteiger partial charge in [-0.05, 0) is 73.5 Å². The molecule has 5 heteroatoms. The molecule has 1 N–H and O–H groups in total. The van der Waals surface area contributed by atoms with Crippen LogP contribution >= 0.6 is 15.9 Å². The number of rotatable bonds is 6. The van der Waals surface area contributed by atoms with E-state index in [4.69, 9.17) is 9.47 Å². The highest BCUT2D eigenvalue weighted by molar-refractivity contribution is 9.10. The first-order chi connectivity index (χ1) is 10.1. The van der Waals surface area contributed by atoms with Crippen molar-refractivity contribution in [2.24, 2.45) is 0 Å². The summed E-state index contributed by atoms with van der Waals surface area (Å²) in [5.41, 5.74) is 1.21. The summed E-state index contributed by atoms with van der Waals surface area (Å²) in [6, 6.07) is 4.77. The van der Waals surface area contributed by atoms with E-state index in [1.807, 2.05) is 6.92 Å². The van der Waals surface area contributed by atoms with Crippen molar-refractivity contribution in [3.05, 3.63) is 22.2 Å². The lowest BCUT2D eigenvalue weighted by Crippen LogP contribution is -2.40. The lowest BCUT2D eigenvalue weighted by Gasteiger charge is -2.29. The molecule has 1 heterocycles. The van der Waals surface area contributed by atoms with E-state index in [1.165, 1.54) is 31.5 Å². The Bertz CT molecular complexity index is 460. The molecule has 1 saturated heterocycles. The van der Waals surface area contributed by atoms with Crippen LogP contribution in [0, 0.1) is 0 Å². The van der Waals surface area contributed by atoms with Gasteiger partial charge in [-0.3, -0.25) is 0 Å². The van der Waals surface area contributed by atoms with Gasteiger partial charge in [0, 0.05) is 12.6 Å². The number of hydrogen-bond acceptors (Lipinski definition) is 4. The van der Waals surface area contributed by atoms with Crippen molar-refractivity contribution in [1.29, 1.82) is 0 Å². The number of methoxy groups -OCH3 is 1. The van der Waals surface area contributed by atoms with Gasteiger partial charge in [0.1, 0.15) is 0 Å². The van der Waals surface area contributed by atoms with Gasteiger partial charge in [0.25, 0.3) is 0 Å². The first-order valence-corrected chi connectivity index (χ1v) is 8.34. The number of halogens is 1. The summed E-state index contributed by atoms with van der Waals surface area (Å²) >= 11 is 3.57. The predicted molar refractivity (Wildman–Crippen MR) is 89.2 cm³/mol. The second-order valence-corrected chi connectivity index (χ2v) is 6.35. The molecule has 1 fully saturated rings. The summed E-state index contributed by atoms with van der Waals surface area (Å²) < 4.78 is 12.0. The fourth-order valence-corrected chi connectivity index (χ4v) is 3.24. The van der Waals surface area contributed by atoms with Crippen molar-refractivity contribution in [3.63, 3.8) is 0 Å². The van der Waals surface area contributed by atoms with Crippen LogP contribution in [0.25, 0.3) is 0 Å².